The standard InChI is InChI=1S/C25H24N6O3S/c1-3-11-31-20(26)15(13-16-21(31)28-18-10-6-7-12-30(18)25(16)34)22(32)29-24-19(23(33)27-2)14-8-4-5-9-17(14)35-24/h3,6-7,10,12-13,26H,1,4-5,8-9,11H2,2H3,(H,27,33)(H,29,32). The maximum Gasteiger partial charge on any atom is 0.267 e. The third kappa shape index (κ3) is 3.75. The van der Waals surface area contributed by atoms with E-state index < -0.39 is 5.91 Å². The van der Waals surface area contributed by atoms with Crippen LogP contribution in [0.25, 0.3) is 16.7 Å². The molecule has 178 valence electrons. The van der Waals surface area contributed by atoms with Gasteiger partial charge in [-0.15, -0.1) is 17.9 Å². The van der Waals surface area contributed by atoms with Crippen molar-refractivity contribution >= 4 is 44.8 Å². The van der Waals surface area contributed by atoms with E-state index in [2.05, 4.69) is 22.2 Å². The van der Waals surface area contributed by atoms with Gasteiger partial charge < -0.3 is 15.2 Å². The fourth-order valence-electron chi connectivity index (χ4n) is 4.56. The summed E-state index contributed by atoms with van der Waals surface area (Å²) in [5.41, 5.74) is 1.80. The number of fused-ring (bicyclic) bond motifs is 3. The monoisotopic (exact) mass is 488 g/mol. The number of aryl methyl sites for hydroxylation is 1. The molecule has 0 atom stereocenters. The van der Waals surface area contributed by atoms with Crippen LogP contribution < -0.4 is 21.7 Å². The molecule has 0 unspecified atom stereocenters. The van der Waals surface area contributed by atoms with E-state index in [-0.39, 0.29) is 34.4 Å². The number of hydrogen-bond donors (Lipinski definition) is 3. The molecule has 4 aromatic heterocycles. The smallest absolute Gasteiger partial charge is 0.267 e. The van der Waals surface area contributed by atoms with Crippen molar-refractivity contribution in [2.75, 3.05) is 12.4 Å². The van der Waals surface area contributed by atoms with Crippen LogP contribution in [0, 0.1) is 5.41 Å². The van der Waals surface area contributed by atoms with Gasteiger partial charge in [-0.05, 0) is 49.4 Å². The summed E-state index contributed by atoms with van der Waals surface area (Å²) in [6.07, 6.45) is 6.90. The minimum Gasteiger partial charge on any atom is -0.355 e. The quantitative estimate of drug-likeness (QED) is 0.295. The van der Waals surface area contributed by atoms with Crippen molar-refractivity contribution in [3.05, 3.63) is 80.5 Å². The molecule has 0 radical (unpaired) electrons. The zero-order valence-corrected chi connectivity index (χ0v) is 20.0. The fraction of sp³-hybridized carbons (Fsp3) is 0.240. The van der Waals surface area contributed by atoms with Crippen LogP contribution in [0.3, 0.4) is 0 Å². The number of nitrogens with one attached hydrogen (secondary N) is 3. The normalized spacial score (nSPS) is 12.9. The maximum absolute atomic E-state index is 13.5. The number of anilines is 1. The van der Waals surface area contributed by atoms with E-state index >= 15 is 0 Å². The Labute approximate surface area is 204 Å². The van der Waals surface area contributed by atoms with E-state index in [0.717, 1.165) is 36.1 Å². The zero-order chi connectivity index (χ0) is 24.7. The molecular formula is C25H24N6O3S. The Morgan fingerprint density at radius 3 is 2.83 bits per heavy atom. The van der Waals surface area contributed by atoms with Gasteiger partial charge in [0.1, 0.15) is 21.8 Å². The minimum atomic E-state index is -0.559. The van der Waals surface area contributed by atoms with Crippen molar-refractivity contribution in [1.29, 1.82) is 5.41 Å². The first-order valence-electron chi connectivity index (χ1n) is 11.3. The lowest BCUT2D eigenvalue weighted by molar-refractivity contribution is 0.0963. The Hall–Kier alpha value is -4.05. The number of thiophene rings is 1. The summed E-state index contributed by atoms with van der Waals surface area (Å²) in [5, 5.41) is 14.9. The largest absolute Gasteiger partial charge is 0.355 e. The van der Waals surface area contributed by atoms with Crippen LogP contribution >= 0.6 is 11.3 Å². The number of rotatable bonds is 5. The highest BCUT2D eigenvalue weighted by Crippen LogP contribution is 2.38. The van der Waals surface area contributed by atoms with Crippen LogP contribution in [0.5, 0.6) is 0 Å². The second kappa shape index (κ2) is 8.95. The van der Waals surface area contributed by atoms with E-state index in [4.69, 9.17) is 5.41 Å². The number of amides is 2. The number of carbonyl (C=O) groups excluding carboxylic acids is 2. The van der Waals surface area contributed by atoms with Crippen molar-refractivity contribution in [2.45, 2.75) is 32.2 Å². The highest BCUT2D eigenvalue weighted by molar-refractivity contribution is 7.17. The SMILES string of the molecule is C=CCn1c(=N)c(C(=O)Nc2sc3c(c2C(=O)NC)CCCC3)cc2c(=O)n3ccccc3nc21. The van der Waals surface area contributed by atoms with Gasteiger partial charge in [-0.3, -0.25) is 24.2 Å². The van der Waals surface area contributed by atoms with Crippen molar-refractivity contribution < 1.29 is 9.59 Å². The van der Waals surface area contributed by atoms with Gasteiger partial charge in [0.05, 0.1) is 16.5 Å². The van der Waals surface area contributed by atoms with Crippen LogP contribution in [0.15, 0.2) is 47.9 Å². The Kier molecular flexibility index (Phi) is 5.81. The average molecular weight is 489 g/mol. The molecular weight excluding hydrogens is 464 g/mol. The average Bonchev–Trinajstić information content (AvgIpc) is 3.23. The van der Waals surface area contributed by atoms with Gasteiger partial charge in [0, 0.05) is 24.7 Å². The number of aromatic nitrogens is 3. The molecule has 4 aromatic rings. The highest BCUT2D eigenvalue weighted by atomic mass is 32.1. The topological polar surface area (TPSA) is 121 Å². The molecule has 5 rings (SSSR count). The molecule has 2 amide bonds. The third-order valence-electron chi connectivity index (χ3n) is 6.23. The second-order valence-corrected chi connectivity index (χ2v) is 9.44. The first-order valence-corrected chi connectivity index (χ1v) is 12.1. The molecule has 0 aliphatic heterocycles. The van der Waals surface area contributed by atoms with Crippen LogP contribution in [0.1, 0.15) is 44.0 Å². The summed E-state index contributed by atoms with van der Waals surface area (Å²) in [6.45, 7) is 3.95. The summed E-state index contributed by atoms with van der Waals surface area (Å²) in [6, 6.07) is 6.63. The summed E-state index contributed by atoms with van der Waals surface area (Å²) in [7, 11) is 1.56. The fourth-order valence-corrected chi connectivity index (χ4v) is 5.84. The number of hydrogen-bond acceptors (Lipinski definition) is 6. The van der Waals surface area contributed by atoms with E-state index in [1.54, 1.807) is 37.5 Å². The number of nitrogens with zero attached hydrogens (tertiary/aromatic N) is 3. The van der Waals surface area contributed by atoms with Gasteiger partial charge in [0.25, 0.3) is 17.4 Å². The number of allylic oxidation sites excluding steroid dienone is 1. The Morgan fingerprint density at radius 2 is 2.06 bits per heavy atom. The lowest BCUT2D eigenvalue weighted by Crippen LogP contribution is -2.32. The highest BCUT2D eigenvalue weighted by Gasteiger charge is 2.27. The first-order chi connectivity index (χ1) is 16.9. The van der Waals surface area contributed by atoms with Gasteiger partial charge in [-0.1, -0.05) is 12.1 Å². The summed E-state index contributed by atoms with van der Waals surface area (Å²) in [4.78, 5) is 45.1. The molecule has 0 fully saturated rings. The number of carbonyl (C=O) groups is 2. The van der Waals surface area contributed by atoms with Crippen LogP contribution in [-0.4, -0.2) is 32.8 Å². The van der Waals surface area contributed by atoms with Crippen molar-refractivity contribution in [3.8, 4) is 0 Å². The van der Waals surface area contributed by atoms with Gasteiger partial charge in [-0.25, -0.2) is 4.98 Å². The molecule has 10 heteroatoms. The maximum atomic E-state index is 13.5. The molecule has 4 heterocycles. The van der Waals surface area contributed by atoms with Gasteiger partial charge in [0.15, 0.2) is 0 Å². The predicted molar refractivity (Wildman–Crippen MR) is 135 cm³/mol. The molecule has 3 N–H and O–H groups in total. The van der Waals surface area contributed by atoms with Crippen molar-refractivity contribution in [3.63, 3.8) is 0 Å². The van der Waals surface area contributed by atoms with Crippen molar-refractivity contribution in [1.82, 2.24) is 19.3 Å². The zero-order valence-electron chi connectivity index (χ0n) is 19.2. The molecule has 1 aliphatic rings. The van der Waals surface area contributed by atoms with Crippen LogP contribution in [0.4, 0.5) is 5.00 Å². The van der Waals surface area contributed by atoms with E-state index in [1.165, 1.54) is 26.4 Å². The third-order valence-corrected chi connectivity index (χ3v) is 7.43. The molecule has 9 nitrogen and oxygen atoms in total. The molecule has 35 heavy (non-hydrogen) atoms. The van der Waals surface area contributed by atoms with Gasteiger partial charge in [-0.2, -0.15) is 0 Å². The van der Waals surface area contributed by atoms with E-state index in [9.17, 15) is 14.4 Å². The van der Waals surface area contributed by atoms with E-state index in [0.29, 0.717) is 21.9 Å². The number of pyridine rings is 2. The molecule has 0 spiro atoms. The summed E-state index contributed by atoms with van der Waals surface area (Å²) in [5.74, 6) is -0.809. The van der Waals surface area contributed by atoms with Crippen LogP contribution in [0.2, 0.25) is 0 Å². The lowest BCUT2D eigenvalue weighted by atomic mass is 9.95. The first kappa shape index (κ1) is 22.7. The Bertz CT molecular complexity index is 1650. The predicted octanol–water partition coefficient (Wildman–Crippen LogP) is 2.87. The molecule has 1 aliphatic carbocycles. The molecule has 0 aromatic carbocycles. The summed E-state index contributed by atoms with van der Waals surface area (Å²) >= 11 is 1.40. The van der Waals surface area contributed by atoms with Gasteiger partial charge >= 0.3 is 0 Å². The van der Waals surface area contributed by atoms with Gasteiger partial charge in [0.2, 0.25) is 0 Å². The van der Waals surface area contributed by atoms with Crippen molar-refractivity contribution in [2.24, 2.45) is 0 Å². The summed E-state index contributed by atoms with van der Waals surface area (Å²) < 4.78 is 2.90. The Balaban J connectivity index is 1.67. The van der Waals surface area contributed by atoms with Crippen LogP contribution in [-0.2, 0) is 19.4 Å². The second-order valence-electron chi connectivity index (χ2n) is 8.34. The lowest BCUT2D eigenvalue weighted by Gasteiger charge is -2.14. The molecule has 0 bridgehead atoms. The Morgan fingerprint density at radius 1 is 1.26 bits per heavy atom. The molecule has 0 saturated carbocycles. The van der Waals surface area contributed by atoms with E-state index in [1.807, 2.05) is 0 Å². The minimum absolute atomic E-state index is 0.0170. The molecule has 0 saturated heterocycles.